The lowest BCUT2D eigenvalue weighted by atomic mass is 10.1. The third-order valence-electron chi connectivity index (χ3n) is 5.51. The van der Waals surface area contributed by atoms with Gasteiger partial charge in [-0.25, -0.2) is 4.57 Å². The fraction of sp³-hybridized carbons (Fsp3) is 0.880. The van der Waals surface area contributed by atoms with Crippen LogP contribution in [0.2, 0.25) is 0 Å². The number of allylic oxidation sites excluding steroid dienone is 1. The molecule has 0 spiro atoms. The molecule has 0 saturated heterocycles. The van der Waals surface area contributed by atoms with Crippen molar-refractivity contribution in [2.45, 2.75) is 103 Å². The second-order valence-electron chi connectivity index (χ2n) is 10.1. The third kappa shape index (κ3) is 20.6. The van der Waals surface area contributed by atoms with Gasteiger partial charge >= 0.3 is 7.82 Å². The maximum Gasteiger partial charge on any atom is 0.472 e. The summed E-state index contributed by atoms with van der Waals surface area (Å²) in [6, 6.07) is -0.832. The number of nitrogens with zero attached hydrogens (tertiary/aromatic N) is 1. The number of carbonyl (C=O) groups excluding carboxylic acids is 1. The normalized spacial score (nSPS) is 15.9. The van der Waals surface area contributed by atoms with Crippen LogP contribution in [-0.2, 0) is 18.4 Å². The molecular formula is C25H52N2O6P+. The molecular weight excluding hydrogens is 455 g/mol. The minimum Gasteiger partial charge on any atom is -0.387 e. The van der Waals surface area contributed by atoms with Crippen molar-refractivity contribution in [3.8, 4) is 0 Å². The summed E-state index contributed by atoms with van der Waals surface area (Å²) < 4.78 is 23.0. The Morgan fingerprint density at radius 1 is 0.971 bits per heavy atom. The van der Waals surface area contributed by atoms with E-state index in [1.165, 1.54) is 25.7 Å². The van der Waals surface area contributed by atoms with E-state index in [0.29, 0.717) is 17.4 Å². The fourth-order valence-corrected chi connectivity index (χ4v) is 4.01. The molecule has 0 aliphatic carbocycles. The van der Waals surface area contributed by atoms with Crippen LogP contribution >= 0.6 is 7.82 Å². The highest BCUT2D eigenvalue weighted by Crippen LogP contribution is 2.43. The number of quaternary nitrogens is 1. The van der Waals surface area contributed by atoms with Crippen LogP contribution in [0.1, 0.15) is 90.9 Å². The Morgan fingerprint density at radius 2 is 1.56 bits per heavy atom. The molecule has 3 N–H and O–H groups in total. The lowest BCUT2D eigenvalue weighted by molar-refractivity contribution is -0.870. The molecule has 0 aliphatic rings. The smallest absolute Gasteiger partial charge is 0.387 e. The van der Waals surface area contributed by atoms with Gasteiger partial charge < -0.3 is 19.8 Å². The summed E-state index contributed by atoms with van der Waals surface area (Å²) in [5.41, 5.74) is 0. The first-order valence-corrected chi connectivity index (χ1v) is 14.6. The molecule has 3 atom stereocenters. The van der Waals surface area contributed by atoms with Crippen molar-refractivity contribution >= 4 is 13.7 Å². The summed E-state index contributed by atoms with van der Waals surface area (Å²) in [6.07, 6.45) is 14.6. The van der Waals surface area contributed by atoms with E-state index in [1.54, 1.807) is 6.08 Å². The molecule has 1 amide bonds. The van der Waals surface area contributed by atoms with Crippen molar-refractivity contribution in [1.82, 2.24) is 5.32 Å². The molecule has 0 rings (SSSR count). The Hall–Kier alpha value is -0.760. The van der Waals surface area contributed by atoms with E-state index < -0.39 is 20.0 Å². The summed E-state index contributed by atoms with van der Waals surface area (Å²) in [7, 11) is 1.56. The van der Waals surface area contributed by atoms with Crippen LogP contribution in [0.15, 0.2) is 12.2 Å². The maximum atomic E-state index is 12.4. The zero-order chi connectivity index (χ0) is 25.9. The van der Waals surface area contributed by atoms with Crippen LogP contribution in [0.3, 0.4) is 0 Å². The molecule has 0 aromatic rings. The van der Waals surface area contributed by atoms with Gasteiger partial charge in [-0.1, -0.05) is 77.4 Å². The van der Waals surface area contributed by atoms with Crippen LogP contribution in [-0.4, -0.2) is 73.4 Å². The molecule has 0 heterocycles. The van der Waals surface area contributed by atoms with Crippen molar-refractivity contribution in [2.24, 2.45) is 0 Å². The van der Waals surface area contributed by atoms with E-state index in [9.17, 15) is 19.4 Å². The van der Waals surface area contributed by atoms with Crippen molar-refractivity contribution < 1.29 is 32.9 Å². The number of phosphoric ester groups is 1. The largest absolute Gasteiger partial charge is 0.472 e. The number of aliphatic hydroxyl groups excluding tert-OH is 1. The number of phosphoric acid groups is 1. The first-order valence-electron chi connectivity index (χ1n) is 13.1. The third-order valence-corrected chi connectivity index (χ3v) is 6.49. The average molecular weight is 508 g/mol. The molecule has 0 saturated carbocycles. The van der Waals surface area contributed by atoms with Gasteiger partial charge in [-0.3, -0.25) is 13.8 Å². The Morgan fingerprint density at radius 3 is 2.18 bits per heavy atom. The second kappa shape index (κ2) is 19.4. The van der Waals surface area contributed by atoms with Crippen LogP contribution in [0.4, 0.5) is 0 Å². The first-order chi connectivity index (χ1) is 16.0. The number of aliphatic hydroxyl groups is 1. The predicted molar refractivity (Wildman–Crippen MR) is 138 cm³/mol. The monoisotopic (exact) mass is 507 g/mol. The number of amides is 1. The van der Waals surface area contributed by atoms with Gasteiger partial charge in [0.25, 0.3) is 0 Å². The molecule has 8 nitrogen and oxygen atoms in total. The van der Waals surface area contributed by atoms with Gasteiger partial charge in [0.05, 0.1) is 39.9 Å². The fourth-order valence-electron chi connectivity index (χ4n) is 3.27. The quantitative estimate of drug-likeness (QED) is 0.0829. The highest BCUT2D eigenvalue weighted by molar-refractivity contribution is 7.47. The van der Waals surface area contributed by atoms with Crippen LogP contribution in [0.5, 0.6) is 0 Å². The Balaban J connectivity index is 4.77. The predicted octanol–water partition coefficient (Wildman–Crippen LogP) is 4.95. The Bertz CT molecular complexity index is 594. The van der Waals surface area contributed by atoms with E-state index in [1.807, 2.05) is 27.2 Å². The first kappa shape index (κ1) is 33.2. The molecule has 0 aliphatic heterocycles. The van der Waals surface area contributed by atoms with E-state index in [4.69, 9.17) is 9.05 Å². The SMILES string of the molecule is CCCCCC/C=C/C(O)C(COP(=O)(O)OCC[N+](C)(C)C)NC(=O)CCCCCCCC. The number of unbranched alkanes of at least 4 members (excludes halogenated alkanes) is 9. The molecule has 0 fully saturated rings. The standard InChI is InChI=1S/C25H51N2O6P/c1-6-8-10-12-14-16-18-24(28)23(26-25(29)19-17-15-13-11-9-7-2)22-33-34(30,31)32-21-20-27(3,4)5/h16,18,23-24,28H,6-15,17,19-22H2,1-5H3,(H-,26,29,30,31)/p+1/b18-16+. The van der Waals surface area contributed by atoms with Crippen molar-refractivity contribution in [2.75, 3.05) is 40.9 Å². The van der Waals surface area contributed by atoms with E-state index in [0.717, 1.165) is 44.9 Å². The van der Waals surface area contributed by atoms with Gasteiger partial charge in [0.15, 0.2) is 0 Å². The number of hydrogen-bond acceptors (Lipinski definition) is 5. The number of nitrogens with one attached hydrogen (secondary N) is 1. The van der Waals surface area contributed by atoms with Crippen molar-refractivity contribution in [3.63, 3.8) is 0 Å². The molecule has 0 radical (unpaired) electrons. The van der Waals surface area contributed by atoms with Gasteiger partial charge in [0.2, 0.25) is 5.91 Å². The van der Waals surface area contributed by atoms with Gasteiger partial charge in [-0.15, -0.1) is 0 Å². The molecule has 0 bridgehead atoms. The van der Waals surface area contributed by atoms with Crippen molar-refractivity contribution in [1.29, 1.82) is 0 Å². The summed E-state index contributed by atoms with van der Waals surface area (Å²) in [6.45, 7) is 4.61. The summed E-state index contributed by atoms with van der Waals surface area (Å²) in [5, 5.41) is 13.4. The molecule has 202 valence electrons. The molecule has 0 aromatic heterocycles. The van der Waals surface area contributed by atoms with E-state index >= 15 is 0 Å². The molecule has 3 unspecified atom stereocenters. The molecule has 0 aromatic carbocycles. The number of rotatable bonds is 22. The van der Waals surface area contributed by atoms with Crippen LogP contribution in [0, 0.1) is 0 Å². The minimum absolute atomic E-state index is 0.0621. The average Bonchev–Trinajstić information content (AvgIpc) is 2.74. The second-order valence-corrected chi connectivity index (χ2v) is 11.5. The summed E-state index contributed by atoms with van der Waals surface area (Å²) >= 11 is 0. The molecule has 34 heavy (non-hydrogen) atoms. The Labute approximate surface area is 208 Å². The highest BCUT2D eigenvalue weighted by Gasteiger charge is 2.27. The lowest BCUT2D eigenvalue weighted by Gasteiger charge is -2.25. The number of likely N-dealkylation sites (N-methyl/N-ethyl adjacent to an activating group) is 1. The minimum atomic E-state index is -4.29. The van der Waals surface area contributed by atoms with Gasteiger partial charge in [-0.05, 0) is 19.3 Å². The topological polar surface area (TPSA) is 105 Å². The molecule has 9 heteroatoms. The summed E-state index contributed by atoms with van der Waals surface area (Å²) in [4.78, 5) is 22.4. The van der Waals surface area contributed by atoms with Crippen molar-refractivity contribution in [3.05, 3.63) is 12.2 Å². The zero-order valence-corrected chi connectivity index (χ0v) is 23.2. The zero-order valence-electron chi connectivity index (χ0n) is 22.3. The van der Waals surface area contributed by atoms with E-state index in [2.05, 4.69) is 19.2 Å². The number of carbonyl (C=O) groups is 1. The van der Waals surface area contributed by atoms with Gasteiger partial charge in [0.1, 0.15) is 13.2 Å². The van der Waals surface area contributed by atoms with E-state index in [-0.39, 0.29) is 19.1 Å². The Kier molecular flexibility index (Phi) is 19.0. The van der Waals surface area contributed by atoms with Crippen LogP contribution < -0.4 is 5.32 Å². The number of hydrogen-bond donors (Lipinski definition) is 3. The van der Waals surface area contributed by atoms with Gasteiger partial charge in [0, 0.05) is 6.42 Å². The highest BCUT2D eigenvalue weighted by atomic mass is 31.2. The summed E-state index contributed by atoms with van der Waals surface area (Å²) in [5.74, 6) is -0.196. The van der Waals surface area contributed by atoms with Crippen LogP contribution in [0.25, 0.3) is 0 Å². The lowest BCUT2D eigenvalue weighted by Crippen LogP contribution is -2.45. The van der Waals surface area contributed by atoms with Gasteiger partial charge in [-0.2, -0.15) is 0 Å². The maximum absolute atomic E-state index is 12.4.